The summed E-state index contributed by atoms with van der Waals surface area (Å²) in [4.78, 5) is 8.10. The molecule has 1 saturated heterocycles. The van der Waals surface area contributed by atoms with Crippen LogP contribution in [0.1, 0.15) is 19.8 Å². The van der Waals surface area contributed by atoms with Crippen LogP contribution in [0.2, 0.25) is 0 Å². The Morgan fingerprint density at radius 2 is 2.15 bits per heavy atom. The average Bonchev–Trinajstić information content (AvgIpc) is 2.98. The first kappa shape index (κ1) is 13.6. The van der Waals surface area contributed by atoms with Gasteiger partial charge in [-0.05, 0) is 25.3 Å². The van der Waals surface area contributed by atoms with Crippen molar-refractivity contribution in [2.24, 2.45) is 5.92 Å². The number of piperidine rings is 1. The van der Waals surface area contributed by atoms with Crippen molar-refractivity contribution >= 4 is 16.5 Å². The van der Waals surface area contributed by atoms with E-state index in [0.717, 1.165) is 31.1 Å². The summed E-state index contributed by atoms with van der Waals surface area (Å²) in [6.45, 7) is 3.86. The Kier molecular flexibility index (Phi) is 4.03. The third-order valence-electron chi connectivity index (χ3n) is 3.96. The summed E-state index contributed by atoms with van der Waals surface area (Å²) in [5, 5.41) is 10.9. The molecule has 2 aromatic rings. The molecular formula is C16H20N2OS. The zero-order valence-corrected chi connectivity index (χ0v) is 12.5. The van der Waals surface area contributed by atoms with Crippen LogP contribution in [0, 0.1) is 5.92 Å². The monoisotopic (exact) mass is 288 g/mol. The van der Waals surface area contributed by atoms with Crippen LogP contribution in [0.5, 0.6) is 0 Å². The number of hydrogen-bond acceptors (Lipinski definition) is 4. The van der Waals surface area contributed by atoms with Gasteiger partial charge in [0.2, 0.25) is 0 Å². The van der Waals surface area contributed by atoms with Crippen LogP contribution in [-0.2, 0) is 0 Å². The molecule has 2 unspecified atom stereocenters. The lowest BCUT2D eigenvalue weighted by molar-refractivity contribution is 0.115. The van der Waals surface area contributed by atoms with E-state index in [1.54, 1.807) is 11.3 Å². The number of aliphatic hydroxyl groups is 1. The van der Waals surface area contributed by atoms with Crippen LogP contribution in [-0.4, -0.2) is 29.3 Å². The SMILES string of the molecule is CC(O)C1CCCN(c2ncc(-c3ccccc3)s2)C1. The van der Waals surface area contributed by atoms with E-state index in [1.807, 2.05) is 19.2 Å². The van der Waals surface area contributed by atoms with Crippen LogP contribution in [0.4, 0.5) is 5.13 Å². The summed E-state index contributed by atoms with van der Waals surface area (Å²) in [7, 11) is 0. The topological polar surface area (TPSA) is 36.4 Å². The first-order chi connectivity index (χ1) is 9.74. The van der Waals surface area contributed by atoms with Gasteiger partial charge < -0.3 is 10.0 Å². The van der Waals surface area contributed by atoms with Crippen molar-refractivity contribution in [1.29, 1.82) is 0 Å². The molecule has 2 atom stereocenters. The van der Waals surface area contributed by atoms with Crippen LogP contribution in [0.3, 0.4) is 0 Å². The molecule has 0 amide bonds. The fraction of sp³-hybridized carbons (Fsp3) is 0.438. The summed E-state index contributed by atoms with van der Waals surface area (Å²) in [6, 6.07) is 10.4. The zero-order chi connectivity index (χ0) is 13.9. The van der Waals surface area contributed by atoms with Gasteiger partial charge in [0, 0.05) is 25.2 Å². The third-order valence-corrected chi connectivity index (χ3v) is 5.07. The second-order valence-electron chi connectivity index (χ2n) is 5.46. The minimum absolute atomic E-state index is 0.230. The summed E-state index contributed by atoms with van der Waals surface area (Å²) in [5.41, 5.74) is 1.22. The molecule has 3 nitrogen and oxygen atoms in total. The zero-order valence-electron chi connectivity index (χ0n) is 11.7. The van der Waals surface area contributed by atoms with Gasteiger partial charge >= 0.3 is 0 Å². The first-order valence-electron chi connectivity index (χ1n) is 7.18. The second kappa shape index (κ2) is 5.94. The molecule has 106 valence electrons. The first-order valence-corrected chi connectivity index (χ1v) is 8.00. The number of nitrogens with zero attached hydrogens (tertiary/aromatic N) is 2. The lowest BCUT2D eigenvalue weighted by Gasteiger charge is -2.33. The van der Waals surface area contributed by atoms with Crippen molar-refractivity contribution < 1.29 is 5.11 Å². The minimum atomic E-state index is -0.230. The Bertz CT molecular complexity index is 553. The van der Waals surface area contributed by atoms with Crippen molar-refractivity contribution in [3.05, 3.63) is 36.5 Å². The molecular weight excluding hydrogens is 268 g/mol. The molecule has 20 heavy (non-hydrogen) atoms. The van der Waals surface area contributed by atoms with Gasteiger partial charge in [-0.2, -0.15) is 0 Å². The van der Waals surface area contributed by atoms with Gasteiger partial charge in [-0.15, -0.1) is 0 Å². The maximum Gasteiger partial charge on any atom is 0.185 e. The van der Waals surface area contributed by atoms with Crippen molar-refractivity contribution in [2.45, 2.75) is 25.9 Å². The molecule has 1 aliphatic heterocycles. The highest BCUT2D eigenvalue weighted by Crippen LogP contribution is 2.33. The van der Waals surface area contributed by atoms with E-state index in [-0.39, 0.29) is 6.10 Å². The Morgan fingerprint density at radius 3 is 2.90 bits per heavy atom. The molecule has 1 aromatic carbocycles. The number of aliphatic hydroxyl groups excluding tert-OH is 1. The van der Waals surface area contributed by atoms with Crippen molar-refractivity contribution in [3.8, 4) is 10.4 Å². The molecule has 0 aliphatic carbocycles. The average molecular weight is 288 g/mol. The molecule has 4 heteroatoms. The van der Waals surface area contributed by atoms with E-state index in [2.05, 4.69) is 34.1 Å². The lowest BCUT2D eigenvalue weighted by atomic mass is 9.94. The summed E-state index contributed by atoms with van der Waals surface area (Å²) in [6.07, 6.45) is 3.98. The van der Waals surface area contributed by atoms with Gasteiger partial charge in [-0.1, -0.05) is 41.7 Å². The molecule has 1 aromatic heterocycles. The van der Waals surface area contributed by atoms with E-state index < -0.39 is 0 Å². The molecule has 0 radical (unpaired) electrons. The fourth-order valence-electron chi connectivity index (χ4n) is 2.72. The Labute approximate surface area is 123 Å². The molecule has 1 N–H and O–H groups in total. The van der Waals surface area contributed by atoms with Crippen LogP contribution in [0.15, 0.2) is 36.5 Å². The predicted octanol–water partition coefficient (Wildman–Crippen LogP) is 3.41. The predicted molar refractivity (Wildman–Crippen MR) is 84.2 cm³/mol. The van der Waals surface area contributed by atoms with Gasteiger partial charge in [0.1, 0.15) is 0 Å². The fourth-order valence-corrected chi connectivity index (χ4v) is 3.68. The van der Waals surface area contributed by atoms with Gasteiger partial charge in [0.15, 0.2) is 5.13 Å². The summed E-state index contributed by atoms with van der Waals surface area (Å²) >= 11 is 1.74. The summed E-state index contributed by atoms with van der Waals surface area (Å²) in [5.74, 6) is 0.368. The summed E-state index contributed by atoms with van der Waals surface area (Å²) < 4.78 is 0. The Balaban J connectivity index is 1.77. The Hall–Kier alpha value is -1.39. The molecule has 2 heterocycles. The van der Waals surface area contributed by atoms with Crippen molar-refractivity contribution in [3.63, 3.8) is 0 Å². The number of anilines is 1. The van der Waals surface area contributed by atoms with Crippen LogP contribution in [0.25, 0.3) is 10.4 Å². The van der Waals surface area contributed by atoms with Gasteiger partial charge in [0.25, 0.3) is 0 Å². The number of hydrogen-bond donors (Lipinski definition) is 1. The molecule has 3 rings (SSSR count). The maximum absolute atomic E-state index is 9.78. The molecule has 0 bridgehead atoms. The maximum atomic E-state index is 9.78. The molecule has 1 aliphatic rings. The van der Waals surface area contributed by atoms with E-state index in [9.17, 15) is 5.11 Å². The Morgan fingerprint density at radius 1 is 1.35 bits per heavy atom. The number of rotatable bonds is 3. The minimum Gasteiger partial charge on any atom is -0.393 e. The number of thiazole rings is 1. The normalized spacial score (nSPS) is 20.9. The van der Waals surface area contributed by atoms with Gasteiger partial charge in [-0.25, -0.2) is 4.98 Å². The van der Waals surface area contributed by atoms with Gasteiger partial charge in [0.05, 0.1) is 11.0 Å². The third kappa shape index (κ3) is 2.86. The van der Waals surface area contributed by atoms with Crippen LogP contribution < -0.4 is 4.90 Å². The quantitative estimate of drug-likeness (QED) is 0.940. The number of aromatic nitrogens is 1. The smallest absolute Gasteiger partial charge is 0.185 e. The molecule has 0 saturated carbocycles. The van der Waals surface area contributed by atoms with Crippen molar-refractivity contribution in [2.75, 3.05) is 18.0 Å². The van der Waals surface area contributed by atoms with Crippen molar-refractivity contribution in [1.82, 2.24) is 4.98 Å². The highest BCUT2D eigenvalue weighted by Gasteiger charge is 2.25. The largest absolute Gasteiger partial charge is 0.393 e. The second-order valence-corrected chi connectivity index (χ2v) is 6.47. The van der Waals surface area contributed by atoms with Gasteiger partial charge in [-0.3, -0.25) is 0 Å². The highest BCUT2D eigenvalue weighted by molar-refractivity contribution is 7.18. The molecule has 0 spiro atoms. The number of benzene rings is 1. The lowest BCUT2D eigenvalue weighted by Crippen LogP contribution is -2.39. The highest BCUT2D eigenvalue weighted by atomic mass is 32.1. The molecule has 1 fully saturated rings. The van der Waals surface area contributed by atoms with E-state index >= 15 is 0 Å². The van der Waals surface area contributed by atoms with E-state index in [1.165, 1.54) is 10.4 Å². The standard InChI is InChI=1S/C16H20N2OS/c1-12(19)14-8-5-9-18(11-14)16-17-10-15(20-16)13-6-3-2-4-7-13/h2-4,6-7,10,12,14,19H,5,8-9,11H2,1H3. The van der Waals surface area contributed by atoms with Crippen LogP contribution >= 0.6 is 11.3 Å². The van der Waals surface area contributed by atoms with E-state index in [4.69, 9.17) is 0 Å². The van der Waals surface area contributed by atoms with E-state index in [0.29, 0.717) is 5.92 Å².